The predicted octanol–water partition coefficient (Wildman–Crippen LogP) is 9.52. The third kappa shape index (κ3) is 6.03. The van der Waals surface area contributed by atoms with Crippen LogP contribution in [0.4, 0.5) is 0 Å². The Labute approximate surface area is 200 Å². The van der Waals surface area contributed by atoms with E-state index in [4.69, 9.17) is 5.80 Å². The van der Waals surface area contributed by atoms with Crippen molar-refractivity contribution in [3.63, 3.8) is 0 Å². The second-order valence-corrected chi connectivity index (χ2v) is 23.7. The van der Waals surface area contributed by atoms with Crippen molar-refractivity contribution in [1.29, 1.82) is 1.23 Å². The summed E-state index contributed by atoms with van der Waals surface area (Å²) < 4.78 is 26.4. The highest BCUT2D eigenvalue weighted by Gasteiger charge is 2.65. The van der Waals surface area contributed by atoms with Gasteiger partial charge in [-0.25, -0.2) is 0 Å². The van der Waals surface area contributed by atoms with Crippen LogP contribution in [0.25, 0.3) is 0 Å². The Kier molecular flexibility index (Phi) is 7.50. The van der Waals surface area contributed by atoms with Crippen LogP contribution >= 0.6 is 0 Å². The van der Waals surface area contributed by atoms with E-state index in [9.17, 15) is 1.23 Å². The molecule has 0 spiro atoms. The predicted molar refractivity (Wildman–Crippen MR) is 146 cm³/mol. The van der Waals surface area contributed by atoms with E-state index in [1.54, 1.807) is 0 Å². The Balaban J connectivity index is 3.93. The van der Waals surface area contributed by atoms with Crippen molar-refractivity contribution in [1.82, 2.24) is 0 Å². The lowest BCUT2D eigenvalue weighted by Gasteiger charge is -2.61. The first-order valence-electron chi connectivity index (χ1n) is 12.8. The molecule has 0 radical (unpaired) electrons. The molecule has 0 aromatic heterocycles. The van der Waals surface area contributed by atoms with Crippen LogP contribution in [0.2, 0.25) is 31.2 Å². The summed E-state index contributed by atoms with van der Waals surface area (Å²) in [4.78, 5) is 0. The fourth-order valence-electron chi connectivity index (χ4n) is 6.46. The van der Waals surface area contributed by atoms with Crippen LogP contribution in [0.15, 0.2) is 43.0 Å². The number of hydrogen-bond acceptors (Lipinski definition) is 1. The van der Waals surface area contributed by atoms with Crippen molar-refractivity contribution in [2.45, 2.75) is 128 Å². The van der Waals surface area contributed by atoms with Crippen LogP contribution in [0.3, 0.4) is 0 Å². The molecule has 3 heteroatoms. The number of allylic oxidation sites excluding steroid dienone is 1. The molecule has 0 fully saturated rings. The molecule has 31 heavy (non-hydrogen) atoms. The molecule has 0 aliphatic rings. The van der Waals surface area contributed by atoms with Gasteiger partial charge in [0.15, 0.2) is 0 Å². The largest absolute Gasteiger partial charge is 0.411 e. The van der Waals surface area contributed by atoms with Gasteiger partial charge in [0.2, 0.25) is 8.32 Å². The molecule has 178 valence electrons. The van der Waals surface area contributed by atoms with Crippen LogP contribution in [0.1, 0.15) is 96.9 Å². The molecule has 1 nitrogen and oxygen atoms in total. The second kappa shape index (κ2) is 9.31. The maximum Gasteiger partial charge on any atom is 0.213 e. The number of rotatable bonds is 7. The third-order valence-electron chi connectivity index (χ3n) is 6.92. The van der Waals surface area contributed by atoms with Crippen molar-refractivity contribution < 1.29 is 5.80 Å². The summed E-state index contributed by atoms with van der Waals surface area (Å²) in [7, 11) is -5.54. The van der Waals surface area contributed by atoms with Gasteiger partial charge in [0.1, 0.15) is 0 Å². The minimum absolute atomic E-state index is 0.142. The van der Waals surface area contributed by atoms with Crippen LogP contribution < -0.4 is 0 Å². The van der Waals surface area contributed by atoms with E-state index in [0.717, 1.165) is 5.56 Å². The Hall–Kier alpha value is -0.646. The number of benzene rings is 1. The first-order chi connectivity index (χ1) is 14.5. The second-order valence-electron chi connectivity index (χ2n) is 13.6. The Morgan fingerprint density at radius 1 is 0.871 bits per heavy atom. The number of hydrogen-bond donors (Lipinski definition) is 0. The molecule has 0 amide bonds. The monoisotopic (exact) mass is 462 g/mol. The molecule has 1 atom stereocenters. The lowest BCUT2D eigenvalue weighted by molar-refractivity contribution is 0.227. The molecule has 0 bridgehead atoms. The molecule has 1 aromatic rings. The van der Waals surface area contributed by atoms with E-state index in [1.165, 1.54) is 0 Å². The Morgan fingerprint density at radius 2 is 1.29 bits per heavy atom. The highest BCUT2D eigenvalue weighted by atomic mass is 28.4. The van der Waals surface area contributed by atoms with Crippen molar-refractivity contribution in [2.75, 3.05) is 0 Å². The summed E-state index contributed by atoms with van der Waals surface area (Å²) in [6.45, 7) is 34.2. The minimum atomic E-state index is -2.84. The van der Waals surface area contributed by atoms with Gasteiger partial charge in [0, 0.05) is 15.0 Å². The van der Waals surface area contributed by atoms with E-state index in [1.807, 2.05) is 6.07 Å². The molecule has 0 aliphatic carbocycles. The molecular formula is C28H52OSi2. The zero-order valence-corrected chi connectivity index (χ0v) is 24.9. The summed E-state index contributed by atoms with van der Waals surface area (Å²) in [5, 5.41) is -1.19. The molecule has 1 unspecified atom stereocenters. The van der Waals surface area contributed by atoms with Crippen LogP contribution in [0.5, 0.6) is 0 Å². The van der Waals surface area contributed by atoms with Gasteiger partial charge < -0.3 is 4.43 Å². The topological polar surface area (TPSA) is 9.23 Å². The van der Waals surface area contributed by atoms with Crippen LogP contribution in [0, 0.1) is 0 Å². The van der Waals surface area contributed by atoms with E-state index in [-0.39, 0.29) is 20.2 Å². The van der Waals surface area contributed by atoms with Gasteiger partial charge in [-0.2, -0.15) is 0 Å². The fraction of sp³-hybridized carbons (Fsp3) is 0.714. The molecule has 0 heterocycles. The zero-order valence-electron chi connectivity index (χ0n) is 24.9. The lowest BCUT2D eigenvalue weighted by atomic mass is 10.2. The quantitative estimate of drug-likeness (QED) is 0.289. The smallest absolute Gasteiger partial charge is 0.213 e. The van der Waals surface area contributed by atoms with Gasteiger partial charge >= 0.3 is 0 Å². The standard InChI is InChI=1S/C28H52OSi2/c1-15-28(14,22-30(24(2,3)4)25(5,6)7)31(26(8,9)10,27(11,12)13)29-21-23-19-17-16-18-20-23/h15-20,30H,1,21-22H2,2-14H3/i15D,30D. The van der Waals surface area contributed by atoms with Gasteiger partial charge in [-0.05, 0) is 25.7 Å². The maximum atomic E-state index is 10.0. The fourth-order valence-corrected chi connectivity index (χ4v) is 19.5. The van der Waals surface area contributed by atoms with Crippen molar-refractivity contribution in [3.8, 4) is 0 Å². The van der Waals surface area contributed by atoms with Crippen molar-refractivity contribution >= 4 is 17.0 Å². The van der Waals surface area contributed by atoms with Crippen LogP contribution in [-0.4, -0.2) is 18.3 Å². The summed E-state index contributed by atoms with van der Waals surface area (Å²) in [6, 6.07) is 11.5. The summed E-state index contributed by atoms with van der Waals surface area (Å²) in [6.07, 6.45) is 0. The van der Waals surface area contributed by atoms with Crippen LogP contribution in [-0.2, 0) is 11.0 Å². The molecular weight excluding hydrogens is 408 g/mol. The van der Waals surface area contributed by atoms with Gasteiger partial charge in [0.25, 0.3) is 0 Å². The summed E-state index contributed by atoms with van der Waals surface area (Å²) in [5.41, 5.74) is 1.15. The van der Waals surface area contributed by atoms with Crippen molar-refractivity contribution in [2.24, 2.45) is 0 Å². The van der Waals surface area contributed by atoms with Crippen molar-refractivity contribution in [3.05, 3.63) is 48.5 Å². The molecule has 0 saturated carbocycles. The van der Waals surface area contributed by atoms with E-state index >= 15 is 0 Å². The normalized spacial score (nSPS) is 17.6. The van der Waals surface area contributed by atoms with Gasteiger partial charge in [0.05, 0.1) is 7.98 Å². The first-order valence-corrected chi connectivity index (χ1v) is 15.4. The van der Waals surface area contributed by atoms with E-state index < -0.39 is 22.1 Å². The van der Waals surface area contributed by atoms with E-state index in [0.29, 0.717) is 18.7 Å². The highest BCUT2D eigenvalue weighted by molar-refractivity contribution is 6.84. The SMILES string of the molecule is [2H]C(=C)C(C)(C[Si]([2H])(C(C)(C)C)C(C)(C)C)[Si](OCc1ccccc1)(C(C)(C)C)C(C)(C)C. The molecule has 0 aliphatic heterocycles. The maximum absolute atomic E-state index is 10.0. The first kappa shape index (κ1) is 25.0. The molecule has 1 rings (SSSR count). The lowest BCUT2D eigenvalue weighted by Crippen LogP contribution is -2.63. The Bertz CT molecular complexity index is 780. The summed E-state index contributed by atoms with van der Waals surface area (Å²) >= 11 is 0. The molecule has 0 N–H and O–H groups in total. The minimum Gasteiger partial charge on any atom is -0.411 e. The van der Waals surface area contributed by atoms with E-state index in [2.05, 4.69) is 121 Å². The Morgan fingerprint density at radius 3 is 1.61 bits per heavy atom. The highest BCUT2D eigenvalue weighted by Crippen LogP contribution is 2.67. The molecule has 0 saturated heterocycles. The third-order valence-corrected chi connectivity index (χ3v) is 18.7. The zero-order chi connectivity index (χ0) is 26.3. The van der Waals surface area contributed by atoms with Gasteiger partial charge in [-0.15, -0.1) is 6.58 Å². The summed E-state index contributed by atoms with van der Waals surface area (Å²) in [5.74, 6) is 0. The average molecular weight is 463 g/mol. The van der Waals surface area contributed by atoms with Gasteiger partial charge in [-0.1, -0.05) is 132 Å². The van der Waals surface area contributed by atoms with Gasteiger partial charge in [-0.3, -0.25) is 0 Å². The average Bonchev–Trinajstić information content (AvgIpc) is 2.58. The molecule has 1 aromatic carbocycles.